The predicted octanol–water partition coefficient (Wildman–Crippen LogP) is 3.26. The van der Waals surface area contributed by atoms with Crippen LogP contribution in [0.3, 0.4) is 0 Å². The Morgan fingerprint density at radius 2 is 1.77 bits per heavy atom. The molecule has 2 aliphatic heterocycles. The van der Waals surface area contributed by atoms with Crippen molar-refractivity contribution in [1.29, 1.82) is 0 Å². The van der Waals surface area contributed by atoms with Crippen molar-refractivity contribution >= 4 is 33.2 Å². The zero-order valence-corrected chi connectivity index (χ0v) is 15.9. The lowest BCUT2D eigenvalue weighted by Crippen LogP contribution is -2.37. The highest BCUT2D eigenvalue weighted by Crippen LogP contribution is 2.37. The molecule has 26 heavy (non-hydrogen) atoms. The van der Waals surface area contributed by atoms with Crippen molar-refractivity contribution in [2.75, 3.05) is 16.4 Å². The molecule has 0 aromatic heterocycles. The molecule has 2 aliphatic rings. The minimum Gasteiger partial charge on any atom is -0.314 e. The van der Waals surface area contributed by atoms with Crippen molar-refractivity contribution in [2.45, 2.75) is 25.6 Å². The second-order valence-corrected chi connectivity index (χ2v) is 9.47. The molecule has 2 amide bonds. The summed E-state index contributed by atoms with van der Waals surface area (Å²) in [6, 6.07) is 14.2. The van der Waals surface area contributed by atoms with E-state index < -0.39 is 9.84 Å². The third kappa shape index (κ3) is 2.97. The van der Waals surface area contributed by atoms with Gasteiger partial charge in [-0.2, -0.15) is 0 Å². The smallest absolute Gasteiger partial charge is 0.314 e. The molecule has 2 heterocycles. The van der Waals surface area contributed by atoms with Crippen LogP contribution in [0.15, 0.2) is 48.5 Å². The normalized spacial score (nSPS) is 24.2. The van der Waals surface area contributed by atoms with Gasteiger partial charge in [0.25, 0.3) is 0 Å². The number of anilines is 1. The second kappa shape index (κ2) is 6.28. The SMILES string of the molecule is Cc1ccc(N2C(=O)N(Cc3ccccc3)C3CS(=O)(=O)CC32)cc1Cl. The number of benzene rings is 2. The first kappa shape index (κ1) is 17.4. The van der Waals surface area contributed by atoms with Gasteiger partial charge in [0.15, 0.2) is 9.84 Å². The number of hydrogen-bond donors (Lipinski definition) is 0. The number of amides is 2. The molecule has 0 bridgehead atoms. The first-order valence-electron chi connectivity index (χ1n) is 8.46. The number of carbonyl (C=O) groups excluding carboxylic acids is 1. The third-order valence-electron chi connectivity index (χ3n) is 5.11. The average Bonchev–Trinajstić information content (AvgIpc) is 3.02. The van der Waals surface area contributed by atoms with E-state index in [1.807, 2.05) is 49.4 Å². The lowest BCUT2D eigenvalue weighted by atomic mass is 10.1. The predicted molar refractivity (Wildman–Crippen MR) is 102 cm³/mol. The Morgan fingerprint density at radius 3 is 2.46 bits per heavy atom. The number of urea groups is 1. The number of nitrogens with zero attached hydrogens (tertiary/aromatic N) is 2. The fourth-order valence-electron chi connectivity index (χ4n) is 3.78. The van der Waals surface area contributed by atoms with Gasteiger partial charge in [0.2, 0.25) is 0 Å². The van der Waals surface area contributed by atoms with E-state index in [4.69, 9.17) is 11.6 Å². The van der Waals surface area contributed by atoms with Crippen molar-refractivity contribution in [3.05, 3.63) is 64.7 Å². The Balaban J connectivity index is 1.72. The van der Waals surface area contributed by atoms with Crippen LogP contribution in [0.25, 0.3) is 0 Å². The topological polar surface area (TPSA) is 57.7 Å². The van der Waals surface area contributed by atoms with Gasteiger partial charge in [-0.3, -0.25) is 4.90 Å². The van der Waals surface area contributed by atoms with E-state index in [1.54, 1.807) is 15.9 Å². The zero-order valence-electron chi connectivity index (χ0n) is 14.3. The molecule has 0 N–H and O–H groups in total. The summed E-state index contributed by atoms with van der Waals surface area (Å²) in [5.41, 5.74) is 2.54. The van der Waals surface area contributed by atoms with Crippen LogP contribution in [0, 0.1) is 6.92 Å². The van der Waals surface area contributed by atoms with Crippen LogP contribution < -0.4 is 4.90 Å². The van der Waals surface area contributed by atoms with Gasteiger partial charge in [0.1, 0.15) is 0 Å². The lowest BCUT2D eigenvalue weighted by Gasteiger charge is -2.23. The fraction of sp³-hybridized carbons (Fsp3) is 0.316. The summed E-state index contributed by atoms with van der Waals surface area (Å²) in [5.74, 6) is -0.00742. The Bertz CT molecular complexity index is 962. The molecular formula is C19H19ClN2O3S. The fourth-order valence-corrected chi connectivity index (χ4v) is 5.90. The number of hydrogen-bond acceptors (Lipinski definition) is 3. The van der Waals surface area contributed by atoms with E-state index in [9.17, 15) is 13.2 Å². The summed E-state index contributed by atoms with van der Waals surface area (Å²) >= 11 is 6.24. The van der Waals surface area contributed by atoms with Crippen molar-refractivity contribution in [1.82, 2.24) is 4.90 Å². The minimum atomic E-state index is -3.18. The molecular weight excluding hydrogens is 372 g/mol. The number of carbonyl (C=O) groups is 1. The molecule has 0 spiro atoms. The maximum absolute atomic E-state index is 13.1. The Morgan fingerprint density at radius 1 is 1.08 bits per heavy atom. The quantitative estimate of drug-likeness (QED) is 0.756. The highest BCUT2D eigenvalue weighted by atomic mass is 35.5. The van der Waals surface area contributed by atoms with Gasteiger partial charge in [-0.05, 0) is 30.2 Å². The molecule has 5 nitrogen and oxygen atoms in total. The van der Waals surface area contributed by atoms with Gasteiger partial charge in [0, 0.05) is 17.3 Å². The highest BCUT2D eigenvalue weighted by Gasteiger charge is 2.53. The van der Waals surface area contributed by atoms with E-state index in [2.05, 4.69) is 0 Å². The van der Waals surface area contributed by atoms with E-state index >= 15 is 0 Å². The summed E-state index contributed by atoms with van der Waals surface area (Å²) in [7, 11) is -3.18. The minimum absolute atomic E-state index is 0.00628. The number of rotatable bonds is 3. The summed E-state index contributed by atoms with van der Waals surface area (Å²) < 4.78 is 24.5. The van der Waals surface area contributed by atoms with Crippen molar-refractivity contribution < 1.29 is 13.2 Å². The van der Waals surface area contributed by atoms with Crippen molar-refractivity contribution in [2.24, 2.45) is 0 Å². The third-order valence-corrected chi connectivity index (χ3v) is 7.21. The maximum Gasteiger partial charge on any atom is 0.325 e. The molecule has 2 aromatic carbocycles. The van der Waals surface area contributed by atoms with E-state index in [-0.39, 0.29) is 29.6 Å². The first-order valence-corrected chi connectivity index (χ1v) is 10.7. The van der Waals surface area contributed by atoms with Crippen LogP contribution in [0.5, 0.6) is 0 Å². The Hall–Kier alpha value is -2.05. The number of aryl methyl sites for hydroxylation is 1. The van der Waals surface area contributed by atoms with Gasteiger partial charge in [-0.25, -0.2) is 13.2 Å². The molecule has 2 fully saturated rings. The largest absolute Gasteiger partial charge is 0.325 e. The van der Waals surface area contributed by atoms with Crippen LogP contribution in [0.2, 0.25) is 5.02 Å². The van der Waals surface area contributed by atoms with Gasteiger partial charge in [-0.15, -0.1) is 0 Å². The summed E-state index contributed by atoms with van der Waals surface area (Å²) in [4.78, 5) is 16.4. The molecule has 0 radical (unpaired) electrons. The molecule has 2 atom stereocenters. The molecule has 0 saturated carbocycles. The van der Waals surface area contributed by atoms with Gasteiger partial charge >= 0.3 is 6.03 Å². The van der Waals surface area contributed by atoms with E-state index in [0.717, 1.165) is 11.1 Å². The van der Waals surface area contributed by atoms with Gasteiger partial charge in [-0.1, -0.05) is 48.0 Å². The van der Waals surface area contributed by atoms with Crippen LogP contribution >= 0.6 is 11.6 Å². The van der Waals surface area contributed by atoms with Crippen molar-refractivity contribution in [3.63, 3.8) is 0 Å². The van der Waals surface area contributed by atoms with E-state index in [1.165, 1.54) is 0 Å². The highest BCUT2D eigenvalue weighted by molar-refractivity contribution is 7.91. The number of sulfone groups is 1. The monoisotopic (exact) mass is 390 g/mol. The van der Waals surface area contributed by atoms with Crippen LogP contribution in [0.1, 0.15) is 11.1 Å². The first-order chi connectivity index (χ1) is 12.4. The van der Waals surface area contributed by atoms with Crippen molar-refractivity contribution in [3.8, 4) is 0 Å². The molecule has 2 unspecified atom stereocenters. The van der Waals surface area contributed by atoms with E-state index in [0.29, 0.717) is 17.3 Å². The zero-order chi connectivity index (χ0) is 18.5. The molecule has 136 valence electrons. The molecule has 2 aromatic rings. The summed E-state index contributed by atoms with van der Waals surface area (Å²) in [6.45, 7) is 2.29. The average molecular weight is 391 g/mol. The standard InChI is InChI=1S/C19H19ClN2O3S/c1-13-7-8-15(9-16(13)20)22-18-12-26(24,25)11-17(18)21(19(22)23)10-14-5-3-2-4-6-14/h2-9,17-18H,10-12H2,1H3. The molecule has 4 rings (SSSR count). The van der Waals surface area contributed by atoms with Gasteiger partial charge < -0.3 is 4.90 Å². The molecule has 7 heteroatoms. The summed E-state index contributed by atoms with van der Waals surface area (Å²) in [5, 5.41) is 0.564. The summed E-state index contributed by atoms with van der Waals surface area (Å²) in [6.07, 6.45) is 0. The van der Waals surface area contributed by atoms with Gasteiger partial charge in [0.05, 0.1) is 23.6 Å². The van der Waals surface area contributed by atoms with Crippen LogP contribution in [-0.4, -0.2) is 42.9 Å². The second-order valence-electron chi connectivity index (χ2n) is 6.91. The molecule has 2 saturated heterocycles. The number of halogens is 1. The van der Waals surface area contributed by atoms with Crippen LogP contribution in [-0.2, 0) is 16.4 Å². The Labute approximate surface area is 158 Å². The van der Waals surface area contributed by atoms with Crippen LogP contribution in [0.4, 0.5) is 10.5 Å². The maximum atomic E-state index is 13.1. The number of fused-ring (bicyclic) bond motifs is 1. The lowest BCUT2D eigenvalue weighted by molar-refractivity contribution is 0.206. The Kier molecular flexibility index (Phi) is 4.20. The molecule has 0 aliphatic carbocycles.